The number of ether oxygens (including phenoxy) is 2. The maximum atomic E-state index is 13.5. The molecule has 0 aliphatic rings. The zero-order valence-corrected chi connectivity index (χ0v) is 21.3. The molecule has 9 nitrogen and oxygen atoms in total. The van der Waals surface area contributed by atoms with Crippen LogP contribution >= 0.6 is 0 Å². The third kappa shape index (κ3) is 6.86. The molecule has 0 saturated heterocycles. The predicted molar refractivity (Wildman–Crippen MR) is 132 cm³/mol. The van der Waals surface area contributed by atoms with Crippen LogP contribution in [0.2, 0.25) is 0 Å². The molecule has 0 saturated carbocycles. The highest BCUT2D eigenvalue weighted by Gasteiger charge is 2.31. The summed E-state index contributed by atoms with van der Waals surface area (Å²) < 4.78 is 36.9. The highest BCUT2D eigenvalue weighted by molar-refractivity contribution is 7.92. The first-order valence-electron chi connectivity index (χ1n) is 10.8. The third-order valence-corrected chi connectivity index (χ3v) is 6.45. The van der Waals surface area contributed by atoms with E-state index in [2.05, 4.69) is 5.32 Å². The Kier molecular flexibility index (Phi) is 9.31. The number of methoxy groups -OCH3 is 2. The summed E-state index contributed by atoms with van der Waals surface area (Å²) in [7, 11) is -0.981. The summed E-state index contributed by atoms with van der Waals surface area (Å²) in [6.07, 6.45) is 1.02. The van der Waals surface area contributed by atoms with Gasteiger partial charge in [0.15, 0.2) is 0 Å². The smallest absolute Gasteiger partial charge is 0.244 e. The molecule has 0 bridgehead atoms. The van der Waals surface area contributed by atoms with Crippen LogP contribution in [0.3, 0.4) is 0 Å². The number of rotatable bonds is 11. The minimum atomic E-state index is -3.87. The third-order valence-electron chi connectivity index (χ3n) is 5.33. The number of nitrogens with one attached hydrogen (secondary N) is 1. The zero-order chi connectivity index (χ0) is 25.5. The second-order valence-corrected chi connectivity index (χ2v) is 9.79. The fraction of sp³-hybridized carbons (Fsp3) is 0.417. The topological polar surface area (TPSA) is 105 Å². The summed E-state index contributed by atoms with van der Waals surface area (Å²) in [5.74, 6) is -0.135. The number of sulfonamides is 1. The van der Waals surface area contributed by atoms with E-state index >= 15 is 0 Å². The molecule has 1 atom stereocenters. The SMILES string of the molecule is CCNC(=O)[C@H](C)N(Cc1ccc(C)cc1)C(=O)CN(c1ccc(OC)cc1OC)S(C)(=O)=O. The first-order chi connectivity index (χ1) is 16.0. The van der Waals surface area contributed by atoms with Gasteiger partial charge >= 0.3 is 0 Å². The summed E-state index contributed by atoms with van der Waals surface area (Å²) in [4.78, 5) is 27.5. The van der Waals surface area contributed by atoms with Crippen LogP contribution in [0, 0.1) is 6.92 Å². The molecule has 1 N–H and O–H groups in total. The number of carbonyl (C=O) groups excluding carboxylic acids is 2. The summed E-state index contributed by atoms with van der Waals surface area (Å²) in [6, 6.07) is 11.4. The lowest BCUT2D eigenvalue weighted by Gasteiger charge is -2.31. The van der Waals surface area contributed by atoms with Gasteiger partial charge in [-0.3, -0.25) is 13.9 Å². The molecule has 0 aliphatic carbocycles. The predicted octanol–water partition coefficient (Wildman–Crippen LogP) is 2.33. The van der Waals surface area contributed by atoms with Crippen LogP contribution in [-0.4, -0.2) is 64.7 Å². The van der Waals surface area contributed by atoms with Gasteiger partial charge in [0.1, 0.15) is 24.1 Å². The van der Waals surface area contributed by atoms with Crippen LogP contribution < -0.4 is 19.1 Å². The lowest BCUT2D eigenvalue weighted by Crippen LogP contribution is -2.51. The van der Waals surface area contributed by atoms with Crippen molar-refractivity contribution in [1.82, 2.24) is 10.2 Å². The number of hydrogen-bond acceptors (Lipinski definition) is 6. The molecular weight excluding hydrogens is 458 g/mol. The summed E-state index contributed by atoms with van der Waals surface area (Å²) in [5, 5.41) is 2.72. The van der Waals surface area contributed by atoms with Gasteiger partial charge in [-0.25, -0.2) is 8.42 Å². The second-order valence-electron chi connectivity index (χ2n) is 7.89. The van der Waals surface area contributed by atoms with Gasteiger partial charge in [0.25, 0.3) is 0 Å². The van der Waals surface area contributed by atoms with E-state index in [1.807, 2.05) is 31.2 Å². The number of aryl methyl sites for hydroxylation is 1. The Balaban J connectivity index is 2.44. The Morgan fingerprint density at radius 2 is 1.71 bits per heavy atom. The van der Waals surface area contributed by atoms with Gasteiger partial charge in [-0.1, -0.05) is 29.8 Å². The van der Waals surface area contributed by atoms with Crippen molar-refractivity contribution in [2.45, 2.75) is 33.4 Å². The minimum Gasteiger partial charge on any atom is -0.497 e. The van der Waals surface area contributed by atoms with Crippen LogP contribution in [0.4, 0.5) is 5.69 Å². The first-order valence-corrected chi connectivity index (χ1v) is 12.7. The van der Waals surface area contributed by atoms with Gasteiger partial charge in [0.2, 0.25) is 21.8 Å². The van der Waals surface area contributed by atoms with Gasteiger partial charge < -0.3 is 19.7 Å². The van der Waals surface area contributed by atoms with Crippen molar-refractivity contribution in [3.8, 4) is 11.5 Å². The zero-order valence-electron chi connectivity index (χ0n) is 20.5. The number of likely N-dealkylation sites (N-methyl/N-ethyl adjacent to an activating group) is 1. The summed E-state index contributed by atoms with van der Waals surface area (Å²) in [6.45, 7) is 5.42. The maximum Gasteiger partial charge on any atom is 0.244 e. The molecule has 2 rings (SSSR count). The van der Waals surface area contributed by atoms with Crippen LogP contribution in [-0.2, 0) is 26.2 Å². The van der Waals surface area contributed by atoms with E-state index in [-0.39, 0.29) is 23.9 Å². The number of hydrogen-bond donors (Lipinski definition) is 1. The van der Waals surface area contributed by atoms with E-state index in [4.69, 9.17) is 9.47 Å². The fourth-order valence-electron chi connectivity index (χ4n) is 3.38. The van der Waals surface area contributed by atoms with Gasteiger partial charge in [-0.15, -0.1) is 0 Å². The molecule has 0 heterocycles. The number of anilines is 1. The highest BCUT2D eigenvalue weighted by Crippen LogP contribution is 2.33. The molecule has 2 amide bonds. The Morgan fingerprint density at radius 3 is 2.24 bits per heavy atom. The molecule has 0 radical (unpaired) electrons. The quantitative estimate of drug-likeness (QED) is 0.517. The number of amides is 2. The van der Waals surface area contributed by atoms with E-state index in [1.54, 1.807) is 26.0 Å². The number of nitrogens with zero attached hydrogens (tertiary/aromatic N) is 2. The van der Waals surface area contributed by atoms with Crippen molar-refractivity contribution < 1.29 is 27.5 Å². The molecule has 0 aliphatic heterocycles. The lowest BCUT2D eigenvalue weighted by atomic mass is 10.1. The maximum absolute atomic E-state index is 13.5. The van der Waals surface area contributed by atoms with Crippen molar-refractivity contribution >= 4 is 27.5 Å². The van der Waals surface area contributed by atoms with Crippen molar-refractivity contribution in [2.75, 3.05) is 37.9 Å². The normalized spacial score (nSPS) is 11.9. The average molecular weight is 492 g/mol. The average Bonchev–Trinajstić information content (AvgIpc) is 2.80. The molecule has 186 valence electrons. The molecule has 2 aromatic carbocycles. The van der Waals surface area contributed by atoms with E-state index in [0.29, 0.717) is 12.3 Å². The molecule has 2 aromatic rings. The Hall–Kier alpha value is -3.27. The standard InChI is InChI=1S/C24H33N3O6S/c1-7-25-24(29)18(3)26(15-19-10-8-17(2)9-11-19)23(28)16-27(34(6,30)31)21-13-12-20(32-4)14-22(21)33-5/h8-14,18H,7,15-16H2,1-6H3,(H,25,29)/t18-/m0/s1. The highest BCUT2D eigenvalue weighted by atomic mass is 32.2. The van der Waals surface area contributed by atoms with Crippen molar-refractivity contribution in [3.05, 3.63) is 53.6 Å². The molecule has 0 spiro atoms. The van der Waals surface area contributed by atoms with E-state index < -0.39 is 28.5 Å². The molecule has 0 aromatic heterocycles. The van der Waals surface area contributed by atoms with Gasteiger partial charge in [0, 0.05) is 19.2 Å². The number of benzene rings is 2. The number of carbonyl (C=O) groups is 2. The van der Waals surface area contributed by atoms with Crippen LogP contribution in [0.25, 0.3) is 0 Å². The van der Waals surface area contributed by atoms with Gasteiger partial charge in [0.05, 0.1) is 26.2 Å². The van der Waals surface area contributed by atoms with Crippen molar-refractivity contribution in [3.63, 3.8) is 0 Å². The van der Waals surface area contributed by atoms with Crippen LogP contribution in [0.15, 0.2) is 42.5 Å². The monoisotopic (exact) mass is 491 g/mol. The first kappa shape index (κ1) is 27.0. The van der Waals surface area contributed by atoms with Gasteiger partial charge in [-0.05, 0) is 38.5 Å². The van der Waals surface area contributed by atoms with E-state index in [1.165, 1.54) is 25.2 Å². The van der Waals surface area contributed by atoms with Crippen LogP contribution in [0.1, 0.15) is 25.0 Å². The Bertz CT molecular complexity index is 1100. The molecule has 34 heavy (non-hydrogen) atoms. The largest absolute Gasteiger partial charge is 0.497 e. The van der Waals surface area contributed by atoms with Crippen LogP contribution in [0.5, 0.6) is 11.5 Å². The van der Waals surface area contributed by atoms with Crippen molar-refractivity contribution in [1.29, 1.82) is 0 Å². The molecule has 0 fully saturated rings. The van der Waals surface area contributed by atoms with Crippen molar-refractivity contribution in [2.24, 2.45) is 0 Å². The second kappa shape index (κ2) is 11.7. The Labute approximate surface area is 201 Å². The summed E-state index contributed by atoms with van der Waals surface area (Å²) >= 11 is 0. The van der Waals surface area contributed by atoms with E-state index in [0.717, 1.165) is 21.7 Å². The molecule has 0 unspecified atom stereocenters. The molecule has 10 heteroatoms. The van der Waals surface area contributed by atoms with Gasteiger partial charge in [-0.2, -0.15) is 0 Å². The minimum absolute atomic E-state index is 0.148. The lowest BCUT2D eigenvalue weighted by molar-refractivity contribution is -0.139. The summed E-state index contributed by atoms with van der Waals surface area (Å²) in [5.41, 5.74) is 2.08. The Morgan fingerprint density at radius 1 is 1.06 bits per heavy atom. The van der Waals surface area contributed by atoms with E-state index in [9.17, 15) is 18.0 Å². The fourth-order valence-corrected chi connectivity index (χ4v) is 4.23. The molecular formula is C24H33N3O6S.